The predicted octanol–water partition coefficient (Wildman–Crippen LogP) is 1.56. The lowest BCUT2D eigenvalue weighted by Gasteiger charge is -2.04. The van der Waals surface area contributed by atoms with Crippen LogP contribution < -0.4 is 0 Å². The average Bonchev–Trinajstić information content (AvgIpc) is 2.40. The Morgan fingerprint density at radius 3 is 2.00 bits per heavy atom. The molecule has 17 heavy (non-hydrogen) atoms. The van der Waals surface area contributed by atoms with Gasteiger partial charge < -0.3 is 4.12 Å². The van der Waals surface area contributed by atoms with Gasteiger partial charge in [0.2, 0.25) is 0 Å². The summed E-state index contributed by atoms with van der Waals surface area (Å²) in [7, 11) is 1.86. The van der Waals surface area contributed by atoms with Gasteiger partial charge in [-0.1, -0.05) is 67.3 Å². The molecular formula is C14H18OSi2. The van der Waals surface area contributed by atoms with E-state index >= 15 is 0 Å². The van der Waals surface area contributed by atoms with Crippen molar-refractivity contribution in [3.05, 3.63) is 66.7 Å². The zero-order valence-corrected chi connectivity index (χ0v) is 14.4. The van der Waals surface area contributed by atoms with Crippen molar-refractivity contribution in [2.75, 3.05) is 0 Å². The first kappa shape index (κ1) is 13.6. The molecule has 2 rings (SSSR count). The highest BCUT2D eigenvalue weighted by atomic mass is 28.3. The first-order valence-electron chi connectivity index (χ1n) is 5.50. The third kappa shape index (κ3) is 4.15. The van der Waals surface area contributed by atoms with Gasteiger partial charge in [-0.3, -0.25) is 0 Å². The average molecular weight is 258 g/mol. The lowest BCUT2D eigenvalue weighted by molar-refractivity contribution is 0.690. The van der Waals surface area contributed by atoms with Crippen LogP contribution in [0.2, 0.25) is 0 Å². The third-order valence-corrected chi connectivity index (χ3v) is 2.27. The van der Waals surface area contributed by atoms with E-state index in [0.29, 0.717) is 0 Å². The molecule has 2 aromatic carbocycles. The minimum Gasteiger partial charge on any atom is -0.471 e. The molecule has 0 aliphatic heterocycles. The molecule has 0 unspecified atom stereocenters. The molecule has 3 heteroatoms. The van der Waals surface area contributed by atoms with Crippen LogP contribution in [-0.4, -0.2) is 21.0 Å². The molecule has 0 atom stereocenters. The Morgan fingerprint density at radius 2 is 1.41 bits per heavy atom. The Morgan fingerprint density at radius 1 is 0.882 bits per heavy atom. The van der Waals surface area contributed by atoms with Crippen LogP contribution in [0.1, 0.15) is 5.56 Å². The summed E-state index contributed by atoms with van der Waals surface area (Å²) in [6.07, 6.45) is 1.89. The normalized spacial score (nSPS) is 9.41. The van der Waals surface area contributed by atoms with Crippen LogP contribution in [0.15, 0.2) is 61.2 Å². The molecule has 0 aromatic heterocycles. The van der Waals surface area contributed by atoms with Gasteiger partial charge in [-0.05, 0) is 16.7 Å². The molecule has 0 radical (unpaired) electrons. The third-order valence-electron chi connectivity index (χ3n) is 2.27. The maximum Gasteiger partial charge on any atom is 0.129 e. The minimum atomic E-state index is 0.931. The molecule has 0 saturated carbocycles. The smallest absolute Gasteiger partial charge is 0.129 e. The quantitative estimate of drug-likeness (QED) is 0.743. The lowest BCUT2D eigenvalue weighted by Crippen LogP contribution is -1.81. The molecule has 0 aliphatic carbocycles. The van der Waals surface area contributed by atoms with Crippen LogP contribution in [0.25, 0.3) is 17.2 Å². The van der Waals surface area contributed by atoms with Crippen LogP contribution >= 0.6 is 0 Å². The Hall–Kier alpha value is -1.43. The summed E-state index contributed by atoms with van der Waals surface area (Å²) in [5, 5.41) is 0. The van der Waals surface area contributed by atoms with Crippen molar-refractivity contribution in [2.24, 2.45) is 0 Å². The SMILES string of the molecule is C=Cc1ccccc1-c1ccccc1.[SiH3]O[SiH3]. The molecule has 0 saturated heterocycles. The molecule has 0 amide bonds. The van der Waals surface area contributed by atoms with E-state index in [1.54, 1.807) is 0 Å². The second-order valence-corrected chi connectivity index (χ2v) is 6.83. The topological polar surface area (TPSA) is 9.23 Å². The van der Waals surface area contributed by atoms with Crippen molar-refractivity contribution in [2.45, 2.75) is 0 Å². The van der Waals surface area contributed by atoms with E-state index in [1.165, 1.54) is 16.7 Å². The Bertz CT molecular complexity index is 455. The monoisotopic (exact) mass is 258 g/mol. The molecule has 1 nitrogen and oxygen atoms in total. The van der Waals surface area contributed by atoms with Gasteiger partial charge in [0, 0.05) is 0 Å². The van der Waals surface area contributed by atoms with Crippen LogP contribution in [0.3, 0.4) is 0 Å². The van der Waals surface area contributed by atoms with Crippen LogP contribution in [0.4, 0.5) is 0 Å². The van der Waals surface area contributed by atoms with Gasteiger partial charge in [0.1, 0.15) is 21.0 Å². The predicted molar refractivity (Wildman–Crippen MR) is 82.9 cm³/mol. The fourth-order valence-electron chi connectivity index (χ4n) is 1.56. The zero-order chi connectivity index (χ0) is 12.5. The van der Waals surface area contributed by atoms with Crippen molar-refractivity contribution in [3.63, 3.8) is 0 Å². The number of hydrogen-bond acceptors (Lipinski definition) is 1. The van der Waals surface area contributed by atoms with Crippen LogP contribution in [-0.2, 0) is 4.12 Å². The molecule has 0 spiro atoms. The summed E-state index contributed by atoms with van der Waals surface area (Å²) in [6, 6.07) is 18.6. The van der Waals surface area contributed by atoms with Crippen molar-refractivity contribution in [1.82, 2.24) is 0 Å². The zero-order valence-electron chi connectivity index (χ0n) is 10.4. The van der Waals surface area contributed by atoms with E-state index in [2.05, 4.69) is 53.2 Å². The minimum absolute atomic E-state index is 0.931. The molecule has 0 aliphatic rings. The highest BCUT2D eigenvalue weighted by molar-refractivity contribution is 6.15. The number of hydrogen-bond donors (Lipinski definition) is 0. The van der Waals surface area contributed by atoms with E-state index in [4.69, 9.17) is 0 Å². The molecular weight excluding hydrogens is 240 g/mol. The van der Waals surface area contributed by atoms with Gasteiger partial charge in [-0.15, -0.1) is 0 Å². The highest BCUT2D eigenvalue weighted by Crippen LogP contribution is 2.23. The van der Waals surface area contributed by atoms with Gasteiger partial charge in [0.25, 0.3) is 0 Å². The molecule has 0 fully saturated rings. The Balaban J connectivity index is 0.000000437. The van der Waals surface area contributed by atoms with E-state index < -0.39 is 0 Å². The fraction of sp³-hybridized carbons (Fsp3) is 0. The first-order chi connectivity index (χ1) is 8.33. The summed E-state index contributed by atoms with van der Waals surface area (Å²) in [4.78, 5) is 0. The van der Waals surface area contributed by atoms with Gasteiger partial charge in [0.05, 0.1) is 0 Å². The molecule has 2 aromatic rings. The first-order valence-corrected chi connectivity index (χ1v) is 7.13. The standard InChI is InChI=1S/C14H12.H6OSi2/c1-2-12-8-6-7-11-14(12)13-9-4-3-5-10-13;2-1-3/h2-11H,1H2;2-3H3. The van der Waals surface area contributed by atoms with E-state index in [9.17, 15) is 0 Å². The second kappa shape index (κ2) is 7.78. The maximum absolute atomic E-state index is 4.53. The van der Waals surface area contributed by atoms with Gasteiger partial charge >= 0.3 is 0 Å². The fourth-order valence-corrected chi connectivity index (χ4v) is 1.56. The van der Waals surface area contributed by atoms with Crippen molar-refractivity contribution in [1.29, 1.82) is 0 Å². The lowest BCUT2D eigenvalue weighted by atomic mass is 10.00. The van der Waals surface area contributed by atoms with Gasteiger partial charge in [-0.2, -0.15) is 0 Å². The Kier molecular flexibility index (Phi) is 6.24. The summed E-state index contributed by atoms with van der Waals surface area (Å²) >= 11 is 0. The van der Waals surface area contributed by atoms with Gasteiger partial charge in [0.15, 0.2) is 0 Å². The number of rotatable bonds is 2. The van der Waals surface area contributed by atoms with Crippen molar-refractivity contribution < 1.29 is 4.12 Å². The van der Waals surface area contributed by atoms with Crippen molar-refractivity contribution >= 4 is 27.0 Å². The van der Waals surface area contributed by atoms with Crippen LogP contribution in [0, 0.1) is 0 Å². The summed E-state index contributed by atoms with van der Waals surface area (Å²) in [6.45, 7) is 3.82. The van der Waals surface area contributed by atoms with E-state index in [0.717, 1.165) is 21.0 Å². The largest absolute Gasteiger partial charge is 0.471 e. The van der Waals surface area contributed by atoms with Crippen molar-refractivity contribution in [3.8, 4) is 11.1 Å². The van der Waals surface area contributed by atoms with E-state index in [-0.39, 0.29) is 0 Å². The summed E-state index contributed by atoms with van der Waals surface area (Å²) in [5.74, 6) is 0. The highest BCUT2D eigenvalue weighted by Gasteiger charge is 1.99. The summed E-state index contributed by atoms with van der Waals surface area (Å²) < 4.78 is 4.53. The number of benzene rings is 2. The molecule has 0 N–H and O–H groups in total. The molecule has 88 valence electrons. The second-order valence-electron chi connectivity index (χ2n) is 3.57. The molecule has 0 bridgehead atoms. The van der Waals surface area contributed by atoms with Gasteiger partial charge in [-0.25, -0.2) is 0 Å². The Labute approximate surface area is 109 Å². The maximum atomic E-state index is 4.53. The molecule has 0 heterocycles. The summed E-state index contributed by atoms with van der Waals surface area (Å²) in [5.41, 5.74) is 3.66. The van der Waals surface area contributed by atoms with Crippen LogP contribution in [0.5, 0.6) is 0 Å². The van der Waals surface area contributed by atoms with E-state index in [1.807, 2.05) is 18.2 Å².